The van der Waals surface area contributed by atoms with Crippen LogP contribution < -0.4 is 14.8 Å². The number of amides is 2. The molecule has 1 N–H and O–H groups in total. The summed E-state index contributed by atoms with van der Waals surface area (Å²) in [6.07, 6.45) is 5.80. The molecule has 8 heteroatoms. The quantitative estimate of drug-likeness (QED) is 0.731. The molecule has 1 aromatic carbocycles. The molecule has 29 heavy (non-hydrogen) atoms. The zero-order chi connectivity index (χ0) is 20.6. The van der Waals surface area contributed by atoms with Crippen LogP contribution in [0.15, 0.2) is 35.2 Å². The smallest absolute Gasteiger partial charge is 0.291 e. The number of aromatic nitrogens is 1. The zero-order valence-corrected chi connectivity index (χ0v) is 16.8. The van der Waals surface area contributed by atoms with Gasteiger partial charge in [-0.3, -0.25) is 9.59 Å². The molecular formula is C21H27N3O5. The standard InChI is InChI=1S/C21H27N3O5/c1-27-17-7-6-16(18(10-17)28-2)11-23-20(25)8-5-15-4-3-9-24(13-15)21(26)19-12-22-14-29-19/h6-7,10,12,14-15H,3-5,8-9,11,13H2,1-2H3,(H,23,25)/t15-/m1/s1. The Balaban J connectivity index is 1.45. The van der Waals surface area contributed by atoms with Gasteiger partial charge in [-0.1, -0.05) is 0 Å². The van der Waals surface area contributed by atoms with Gasteiger partial charge in [-0.25, -0.2) is 4.98 Å². The molecule has 1 saturated heterocycles. The van der Waals surface area contributed by atoms with Crippen molar-refractivity contribution in [1.82, 2.24) is 15.2 Å². The van der Waals surface area contributed by atoms with Gasteiger partial charge in [-0.05, 0) is 37.3 Å². The molecule has 1 aliphatic heterocycles. The van der Waals surface area contributed by atoms with Gasteiger partial charge < -0.3 is 24.1 Å². The number of methoxy groups -OCH3 is 2. The van der Waals surface area contributed by atoms with Gasteiger partial charge in [-0.2, -0.15) is 0 Å². The lowest BCUT2D eigenvalue weighted by Crippen LogP contribution is -2.40. The molecule has 1 atom stereocenters. The molecule has 0 aliphatic carbocycles. The molecule has 0 spiro atoms. The number of piperidine rings is 1. The molecule has 2 aromatic rings. The van der Waals surface area contributed by atoms with E-state index in [4.69, 9.17) is 13.9 Å². The molecule has 156 valence electrons. The summed E-state index contributed by atoms with van der Waals surface area (Å²) in [5.74, 6) is 1.80. The summed E-state index contributed by atoms with van der Waals surface area (Å²) < 4.78 is 15.7. The predicted molar refractivity (Wildman–Crippen MR) is 106 cm³/mol. The molecule has 2 amide bonds. The van der Waals surface area contributed by atoms with Crippen LogP contribution in [0.2, 0.25) is 0 Å². The molecule has 0 bridgehead atoms. The number of oxazole rings is 1. The van der Waals surface area contributed by atoms with Crippen LogP contribution >= 0.6 is 0 Å². The Kier molecular flexibility index (Phi) is 7.10. The van der Waals surface area contributed by atoms with E-state index in [1.807, 2.05) is 12.1 Å². The minimum absolute atomic E-state index is 0.0124. The van der Waals surface area contributed by atoms with Crippen LogP contribution in [0.25, 0.3) is 0 Å². The molecule has 0 radical (unpaired) electrons. The van der Waals surface area contributed by atoms with Crippen molar-refractivity contribution in [3.05, 3.63) is 42.1 Å². The third-order valence-corrected chi connectivity index (χ3v) is 5.20. The van der Waals surface area contributed by atoms with E-state index in [0.717, 1.165) is 24.8 Å². The zero-order valence-electron chi connectivity index (χ0n) is 16.8. The Morgan fingerprint density at radius 2 is 2.17 bits per heavy atom. The Hall–Kier alpha value is -3.03. The monoisotopic (exact) mass is 401 g/mol. The average molecular weight is 401 g/mol. The molecular weight excluding hydrogens is 374 g/mol. The number of carbonyl (C=O) groups excluding carboxylic acids is 2. The fraction of sp³-hybridized carbons (Fsp3) is 0.476. The second kappa shape index (κ2) is 9.95. The maximum absolute atomic E-state index is 12.4. The van der Waals surface area contributed by atoms with Crippen molar-refractivity contribution in [2.45, 2.75) is 32.2 Å². The first-order chi connectivity index (χ1) is 14.1. The van der Waals surface area contributed by atoms with Crippen LogP contribution in [0.1, 0.15) is 41.8 Å². The minimum Gasteiger partial charge on any atom is -0.497 e. The number of nitrogens with zero attached hydrogens (tertiary/aromatic N) is 2. The van der Waals surface area contributed by atoms with E-state index < -0.39 is 0 Å². The lowest BCUT2D eigenvalue weighted by atomic mass is 9.93. The molecule has 2 heterocycles. The third kappa shape index (κ3) is 5.49. The van der Waals surface area contributed by atoms with Crippen LogP contribution in [-0.2, 0) is 11.3 Å². The van der Waals surface area contributed by atoms with Gasteiger partial charge >= 0.3 is 0 Å². The highest BCUT2D eigenvalue weighted by Crippen LogP contribution is 2.25. The van der Waals surface area contributed by atoms with E-state index in [-0.39, 0.29) is 17.6 Å². The summed E-state index contributed by atoms with van der Waals surface area (Å²) in [4.78, 5) is 30.3. The van der Waals surface area contributed by atoms with Crippen LogP contribution in [-0.4, -0.2) is 49.0 Å². The lowest BCUT2D eigenvalue weighted by molar-refractivity contribution is -0.121. The van der Waals surface area contributed by atoms with Crippen molar-refractivity contribution in [1.29, 1.82) is 0 Å². The van der Waals surface area contributed by atoms with E-state index >= 15 is 0 Å². The summed E-state index contributed by atoms with van der Waals surface area (Å²) in [5.41, 5.74) is 0.892. The van der Waals surface area contributed by atoms with Gasteiger partial charge in [0.25, 0.3) is 5.91 Å². The summed E-state index contributed by atoms with van der Waals surface area (Å²) >= 11 is 0. The fourth-order valence-corrected chi connectivity index (χ4v) is 3.58. The first-order valence-electron chi connectivity index (χ1n) is 9.76. The SMILES string of the molecule is COc1ccc(CNC(=O)CC[C@H]2CCCN(C(=O)c3cnco3)C2)c(OC)c1. The first-order valence-corrected chi connectivity index (χ1v) is 9.76. The van der Waals surface area contributed by atoms with E-state index in [1.165, 1.54) is 12.6 Å². The maximum atomic E-state index is 12.4. The highest BCUT2D eigenvalue weighted by atomic mass is 16.5. The number of rotatable bonds is 8. The van der Waals surface area contributed by atoms with Crippen molar-refractivity contribution >= 4 is 11.8 Å². The summed E-state index contributed by atoms with van der Waals surface area (Å²) in [6.45, 7) is 1.74. The number of hydrogen-bond acceptors (Lipinski definition) is 6. The van der Waals surface area contributed by atoms with Gasteiger partial charge in [0.1, 0.15) is 11.5 Å². The number of carbonyl (C=O) groups is 2. The van der Waals surface area contributed by atoms with E-state index in [9.17, 15) is 9.59 Å². The Morgan fingerprint density at radius 3 is 2.90 bits per heavy atom. The molecule has 3 rings (SSSR count). The number of ether oxygens (including phenoxy) is 2. The highest BCUT2D eigenvalue weighted by molar-refractivity contribution is 5.91. The number of nitrogens with one attached hydrogen (secondary N) is 1. The van der Waals surface area contributed by atoms with Gasteiger partial charge in [-0.15, -0.1) is 0 Å². The lowest BCUT2D eigenvalue weighted by Gasteiger charge is -2.32. The van der Waals surface area contributed by atoms with E-state index in [1.54, 1.807) is 25.2 Å². The molecule has 1 aromatic heterocycles. The number of benzene rings is 1. The highest BCUT2D eigenvalue weighted by Gasteiger charge is 2.26. The molecule has 8 nitrogen and oxygen atoms in total. The minimum atomic E-state index is -0.136. The van der Waals surface area contributed by atoms with Crippen LogP contribution in [0.4, 0.5) is 0 Å². The molecule has 1 fully saturated rings. The van der Waals surface area contributed by atoms with E-state index in [2.05, 4.69) is 10.3 Å². The van der Waals surface area contributed by atoms with Crippen LogP contribution in [0.5, 0.6) is 11.5 Å². The predicted octanol–water partition coefficient (Wildman–Crippen LogP) is 2.64. The van der Waals surface area contributed by atoms with Gasteiger partial charge in [0.05, 0.1) is 20.4 Å². The number of likely N-dealkylation sites (tertiary alicyclic amines) is 1. The average Bonchev–Trinajstić information content (AvgIpc) is 3.30. The molecule has 1 aliphatic rings. The first kappa shape index (κ1) is 20.7. The van der Waals surface area contributed by atoms with Gasteiger partial charge in [0.2, 0.25) is 11.7 Å². The third-order valence-electron chi connectivity index (χ3n) is 5.20. The number of hydrogen-bond donors (Lipinski definition) is 1. The molecule has 0 unspecified atom stereocenters. The second-order valence-corrected chi connectivity index (χ2v) is 7.12. The Morgan fingerprint density at radius 1 is 1.31 bits per heavy atom. The van der Waals surface area contributed by atoms with Crippen molar-refractivity contribution in [2.24, 2.45) is 5.92 Å². The fourth-order valence-electron chi connectivity index (χ4n) is 3.58. The van der Waals surface area contributed by atoms with Crippen molar-refractivity contribution in [3.8, 4) is 11.5 Å². The summed E-state index contributed by atoms with van der Waals surface area (Å²) in [6, 6.07) is 5.52. The summed E-state index contributed by atoms with van der Waals surface area (Å²) in [7, 11) is 3.19. The van der Waals surface area contributed by atoms with Crippen LogP contribution in [0.3, 0.4) is 0 Å². The normalized spacial score (nSPS) is 16.3. The largest absolute Gasteiger partial charge is 0.497 e. The van der Waals surface area contributed by atoms with Gasteiger partial charge in [0, 0.05) is 37.7 Å². The maximum Gasteiger partial charge on any atom is 0.291 e. The van der Waals surface area contributed by atoms with Gasteiger partial charge in [0.15, 0.2) is 6.39 Å². The van der Waals surface area contributed by atoms with Crippen LogP contribution in [0, 0.1) is 5.92 Å². The Bertz CT molecular complexity index is 822. The molecule has 0 saturated carbocycles. The summed E-state index contributed by atoms with van der Waals surface area (Å²) in [5, 5.41) is 2.94. The van der Waals surface area contributed by atoms with Crippen molar-refractivity contribution < 1.29 is 23.5 Å². The topological polar surface area (TPSA) is 93.9 Å². The second-order valence-electron chi connectivity index (χ2n) is 7.12. The van der Waals surface area contributed by atoms with Crippen molar-refractivity contribution in [3.63, 3.8) is 0 Å². The Labute approximate surface area is 170 Å². The van der Waals surface area contributed by atoms with E-state index in [0.29, 0.717) is 43.5 Å². The van der Waals surface area contributed by atoms with Crippen molar-refractivity contribution in [2.75, 3.05) is 27.3 Å².